The first-order chi connectivity index (χ1) is 13.7. The van der Waals surface area contributed by atoms with Crippen LogP contribution in [0.3, 0.4) is 0 Å². The molecular weight excluding hydrogens is 374 g/mol. The first-order valence-electron chi connectivity index (χ1n) is 8.96. The molecule has 140 valence electrons. The van der Waals surface area contributed by atoms with E-state index in [0.29, 0.717) is 11.6 Å². The third-order valence-corrected chi connectivity index (χ3v) is 4.53. The smallest absolute Gasteiger partial charge is 0.149 e. The van der Waals surface area contributed by atoms with Crippen LogP contribution >= 0.6 is 11.6 Å². The highest BCUT2D eigenvalue weighted by atomic mass is 35.5. The summed E-state index contributed by atoms with van der Waals surface area (Å²) < 4.78 is 13.6. The van der Waals surface area contributed by atoms with Crippen molar-refractivity contribution in [1.29, 1.82) is 0 Å². The van der Waals surface area contributed by atoms with Gasteiger partial charge < -0.3 is 9.15 Å². The topological polar surface area (TPSA) is 53.1 Å². The number of hydrogen-bond donors (Lipinski definition) is 0. The third-order valence-electron chi connectivity index (χ3n) is 4.28. The van der Waals surface area contributed by atoms with Gasteiger partial charge in [0.25, 0.3) is 0 Å². The summed E-state index contributed by atoms with van der Waals surface area (Å²) in [6.45, 7) is 2.38. The predicted molar refractivity (Wildman–Crippen MR) is 108 cm³/mol. The highest BCUT2D eigenvalue weighted by Crippen LogP contribution is 2.32. The van der Waals surface area contributed by atoms with Gasteiger partial charge in [-0.2, -0.15) is 5.10 Å². The van der Waals surface area contributed by atoms with E-state index < -0.39 is 0 Å². The van der Waals surface area contributed by atoms with Gasteiger partial charge in [-0.05, 0) is 42.0 Å². The summed E-state index contributed by atoms with van der Waals surface area (Å²) in [6.07, 6.45) is 4.00. The number of ether oxygens (including phenoxy) is 1. The van der Waals surface area contributed by atoms with Crippen LogP contribution in [0.2, 0.25) is 5.02 Å². The Balaban J connectivity index is 1.69. The summed E-state index contributed by atoms with van der Waals surface area (Å²) >= 11 is 6.05. The number of hydrogen-bond acceptors (Lipinski definition) is 4. The number of nitrogens with zero attached hydrogens (tertiary/aromatic N) is 3. The van der Waals surface area contributed by atoms with Gasteiger partial charge in [0, 0.05) is 16.8 Å². The van der Waals surface area contributed by atoms with Gasteiger partial charge in [-0.15, -0.1) is 5.92 Å². The van der Waals surface area contributed by atoms with Crippen molar-refractivity contribution >= 4 is 22.6 Å². The van der Waals surface area contributed by atoms with Gasteiger partial charge in [-0.25, -0.2) is 9.67 Å². The summed E-state index contributed by atoms with van der Waals surface area (Å²) in [5, 5.41) is 5.94. The van der Waals surface area contributed by atoms with E-state index in [1.807, 2.05) is 55.5 Å². The molecule has 4 rings (SSSR count). The van der Waals surface area contributed by atoms with Crippen molar-refractivity contribution in [1.82, 2.24) is 14.8 Å². The minimum Gasteiger partial charge on any atom is -0.481 e. The van der Waals surface area contributed by atoms with Crippen LogP contribution in [0.25, 0.3) is 11.0 Å². The number of rotatable bonds is 5. The lowest BCUT2D eigenvalue weighted by atomic mass is 10.0. The molecule has 1 unspecified atom stereocenters. The Morgan fingerprint density at radius 1 is 1.14 bits per heavy atom. The molecule has 0 saturated heterocycles. The highest BCUT2D eigenvalue weighted by Gasteiger charge is 2.21. The van der Waals surface area contributed by atoms with Crippen LogP contribution in [0, 0.1) is 11.8 Å². The highest BCUT2D eigenvalue weighted by molar-refractivity contribution is 6.30. The molecule has 1 atom stereocenters. The standard InChI is InChI=1S/C22H18ClN3O2/c1-2-3-4-11-27-19-9-10-20-17(12-19)13-21(28-20)22(26-15-24-14-25-26)16-5-7-18(23)8-6-16/h5-10,12-15,22H,2,11H2,1H3. The molecule has 0 fully saturated rings. The lowest BCUT2D eigenvalue weighted by Gasteiger charge is -2.15. The monoisotopic (exact) mass is 391 g/mol. The largest absolute Gasteiger partial charge is 0.481 e. The fraction of sp³-hybridized carbons (Fsp3) is 0.182. The molecule has 0 radical (unpaired) electrons. The Kier molecular flexibility index (Phi) is 5.31. The third kappa shape index (κ3) is 3.88. The van der Waals surface area contributed by atoms with E-state index in [9.17, 15) is 0 Å². The maximum atomic E-state index is 6.13. The second-order valence-corrected chi connectivity index (χ2v) is 6.61. The van der Waals surface area contributed by atoms with Crippen LogP contribution in [0.5, 0.6) is 5.75 Å². The summed E-state index contributed by atoms with van der Waals surface area (Å²) in [5.41, 5.74) is 1.78. The molecule has 4 aromatic rings. The van der Waals surface area contributed by atoms with Crippen LogP contribution in [-0.4, -0.2) is 21.4 Å². The van der Waals surface area contributed by atoms with E-state index in [0.717, 1.165) is 34.5 Å². The van der Waals surface area contributed by atoms with Crippen LogP contribution in [-0.2, 0) is 0 Å². The van der Waals surface area contributed by atoms with E-state index in [1.54, 1.807) is 11.0 Å². The maximum Gasteiger partial charge on any atom is 0.149 e. The molecule has 6 heteroatoms. The number of aromatic nitrogens is 3. The number of halogens is 1. The van der Waals surface area contributed by atoms with Crippen molar-refractivity contribution < 1.29 is 9.15 Å². The van der Waals surface area contributed by atoms with Gasteiger partial charge >= 0.3 is 0 Å². The second kappa shape index (κ2) is 8.20. The molecule has 2 aromatic carbocycles. The summed E-state index contributed by atoms with van der Waals surface area (Å²) in [4.78, 5) is 4.08. The minimum atomic E-state index is -0.244. The Morgan fingerprint density at radius 2 is 2.00 bits per heavy atom. The molecule has 28 heavy (non-hydrogen) atoms. The Labute approximate surface area is 167 Å². The van der Waals surface area contributed by atoms with Crippen molar-refractivity contribution in [3.63, 3.8) is 0 Å². The van der Waals surface area contributed by atoms with E-state index >= 15 is 0 Å². The molecule has 2 aromatic heterocycles. The molecule has 0 bridgehead atoms. The van der Waals surface area contributed by atoms with E-state index in [4.69, 9.17) is 20.8 Å². The maximum absolute atomic E-state index is 6.13. The number of benzene rings is 2. The van der Waals surface area contributed by atoms with E-state index in [-0.39, 0.29) is 6.04 Å². The normalized spacial score (nSPS) is 11.8. The fourth-order valence-corrected chi connectivity index (χ4v) is 3.13. The number of furan rings is 1. The van der Waals surface area contributed by atoms with Gasteiger partial charge in [0.2, 0.25) is 0 Å². The van der Waals surface area contributed by atoms with E-state index in [1.165, 1.54) is 6.33 Å². The second-order valence-electron chi connectivity index (χ2n) is 6.17. The zero-order valence-corrected chi connectivity index (χ0v) is 16.1. The molecule has 0 saturated carbocycles. The van der Waals surface area contributed by atoms with Gasteiger partial charge in [0.1, 0.15) is 42.4 Å². The Hall–Kier alpha value is -3.23. The van der Waals surface area contributed by atoms with Crippen LogP contribution in [0.1, 0.15) is 30.7 Å². The first kappa shape index (κ1) is 18.1. The quantitative estimate of drug-likeness (QED) is 0.444. The van der Waals surface area contributed by atoms with E-state index in [2.05, 4.69) is 21.9 Å². The van der Waals surface area contributed by atoms with Crippen molar-refractivity contribution in [2.75, 3.05) is 6.61 Å². The zero-order valence-electron chi connectivity index (χ0n) is 15.3. The average Bonchev–Trinajstić information content (AvgIpc) is 3.37. The Morgan fingerprint density at radius 3 is 2.75 bits per heavy atom. The van der Waals surface area contributed by atoms with Crippen LogP contribution in [0.4, 0.5) is 0 Å². The molecule has 0 amide bonds. The zero-order chi connectivity index (χ0) is 19.3. The summed E-state index contributed by atoms with van der Waals surface area (Å²) in [5.74, 6) is 7.48. The summed E-state index contributed by atoms with van der Waals surface area (Å²) in [7, 11) is 0. The minimum absolute atomic E-state index is 0.244. The van der Waals surface area contributed by atoms with Crippen molar-refractivity contribution in [3.8, 4) is 17.6 Å². The molecule has 0 spiro atoms. The molecule has 5 nitrogen and oxygen atoms in total. The van der Waals surface area contributed by atoms with Crippen LogP contribution < -0.4 is 4.74 Å². The van der Waals surface area contributed by atoms with Gasteiger partial charge in [-0.1, -0.05) is 36.6 Å². The van der Waals surface area contributed by atoms with Gasteiger partial charge in [0.05, 0.1) is 0 Å². The molecular formula is C22H18ClN3O2. The predicted octanol–water partition coefficient (Wildman–Crippen LogP) is 5.11. The van der Waals surface area contributed by atoms with Crippen LogP contribution in [0.15, 0.2) is 65.6 Å². The lowest BCUT2D eigenvalue weighted by Crippen LogP contribution is -2.12. The molecule has 0 aliphatic rings. The SMILES string of the molecule is CCC#CCOc1ccc2oc(C(c3ccc(Cl)cc3)n3cncn3)cc2c1. The molecule has 0 N–H and O–H groups in total. The van der Waals surface area contributed by atoms with Gasteiger partial charge in [0.15, 0.2) is 0 Å². The summed E-state index contributed by atoms with van der Waals surface area (Å²) in [6, 6.07) is 15.1. The van der Waals surface area contributed by atoms with Crippen molar-refractivity contribution in [2.24, 2.45) is 0 Å². The average molecular weight is 392 g/mol. The molecule has 2 heterocycles. The fourth-order valence-electron chi connectivity index (χ4n) is 3.01. The first-order valence-corrected chi connectivity index (χ1v) is 9.34. The van der Waals surface area contributed by atoms with Crippen molar-refractivity contribution in [3.05, 3.63) is 77.5 Å². The Bertz CT molecular complexity index is 1120. The number of fused-ring (bicyclic) bond motifs is 1. The van der Waals surface area contributed by atoms with Crippen molar-refractivity contribution in [2.45, 2.75) is 19.4 Å². The van der Waals surface area contributed by atoms with Gasteiger partial charge in [-0.3, -0.25) is 0 Å². The molecule has 0 aliphatic carbocycles. The lowest BCUT2D eigenvalue weighted by molar-refractivity contribution is 0.370. The molecule has 0 aliphatic heterocycles.